The molecule has 2 amide bonds. The van der Waals surface area contributed by atoms with Crippen molar-refractivity contribution in [3.8, 4) is 0 Å². The van der Waals surface area contributed by atoms with Gasteiger partial charge in [0.2, 0.25) is 5.91 Å². The van der Waals surface area contributed by atoms with Gasteiger partial charge in [-0.05, 0) is 30.9 Å². The van der Waals surface area contributed by atoms with E-state index in [0.717, 1.165) is 11.1 Å². The summed E-state index contributed by atoms with van der Waals surface area (Å²) in [5.41, 5.74) is 2.37. The molecule has 1 aliphatic rings. The molecule has 0 spiro atoms. The molecule has 2 aromatic rings. The van der Waals surface area contributed by atoms with Gasteiger partial charge in [-0.3, -0.25) is 14.6 Å². The summed E-state index contributed by atoms with van der Waals surface area (Å²) in [4.78, 5) is 30.2. The van der Waals surface area contributed by atoms with Crippen molar-refractivity contribution < 1.29 is 27.9 Å². The van der Waals surface area contributed by atoms with E-state index >= 15 is 0 Å². The van der Waals surface area contributed by atoms with Crippen LogP contribution < -0.4 is 5.32 Å². The van der Waals surface area contributed by atoms with Crippen molar-refractivity contribution in [1.82, 2.24) is 15.2 Å². The standard InChI is InChI=1S/C22H24F3N3O3/c1-28(2)21(31)18(12-29)27-20(30)15-10-14-4-3-5-17(19(14)26-11-15)13-6-8-16(9-7-13)22(23,24)25/h3-6,10-11,16,18,29H,7-9,12H2,1-2H3,(H,27,30). The third-order valence-electron chi connectivity index (χ3n) is 5.42. The van der Waals surface area contributed by atoms with Crippen LogP contribution in [-0.2, 0) is 4.79 Å². The Balaban J connectivity index is 1.84. The van der Waals surface area contributed by atoms with Crippen LogP contribution in [0.15, 0.2) is 36.5 Å². The minimum Gasteiger partial charge on any atom is -0.394 e. The van der Waals surface area contributed by atoms with Crippen LogP contribution in [0.1, 0.15) is 35.2 Å². The highest BCUT2D eigenvalue weighted by Gasteiger charge is 2.39. The molecule has 3 rings (SSSR count). The lowest BCUT2D eigenvalue weighted by atomic mass is 9.85. The Morgan fingerprint density at radius 3 is 2.65 bits per heavy atom. The van der Waals surface area contributed by atoms with Crippen LogP contribution in [0, 0.1) is 5.92 Å². The minimum absolute atomic E-state index is 0.0364. The monoisotopic (exact) mass is 435 g/mol. The topological polar surface area (TPSA) is 82.5 Å². The van der Waals surface area contributed by atoms with Gasteiger partial charge >= 0.3 is 6.18 Å². The quantitative estimate of drug-likeness (QED) is 0.756. The van der Waals surface area contributed by atoms with Crippen molar-refractivity contribution >= 4 is 28.3 Å². The van der Waals surface area contributed by atoms with E-state index < -0.39 is 36.6 Å². The average molecular weight is 435 g/mol. The zero-order valence-corrected chi connectivity index (χ0v) is 17.2. The molecule has 0 aliphatic heterocycles. The van der Waals surface area contributed by atoms with Crippen molar-refractivity contribution in [1.29, 1.82) is 0 Å². The molecule has 0 bridgehead atoms. The number of hydrogen-bond donors (Lipinski definition) is 2. The number of likely N-dealkylation sites (N-methyl/N-ethyl adjacent to an activating group) is 1. The second kappa shape index (κ2) is 9.05. The second-order valence-electron chi connectivity index (χ2n) is 7.78. The van der Waals surface area contributed by atoms with Gasteiger partial charge in [0.1, 0.15) is 6.04 Å². The third kappa shape index (κ3) is 5.04. The Morgan fingerprint density at radius 2 is 2.06 bits per heavy atom. The number of para-hydroxylation sites is 1. The Hall–Kier alpha value is -2.94. The van der Waals surface area contributed by atoms with E-state index in [-0.39, 0.29) is 18.4 Å². The van der Waals surface area contributed by atoms with E-state index in [4.69, 9.17) is 0 Å². The number of aliphatic hydroxyl groups is 1. The molecule has 1 aromatic heterocycles. The molecule has 9 heteroatoms. The maximum atomic E-state index is 12.9. The number of carbonyl (C=O) groups excluding carboxylic acids is 2. The molecule has 1 heterocycles. The first kappa shape index (κ1) is 22.7. The number of amides is 2. The highest BCUT2D eigenvalue weighted by molar-refractivity contribution is 6.01. The van der Waals surface area contributed by atoms with E-state index in [1.807, 2.05) is 6.07 Å². The van der Waals surface area contributed by atoms with Crippen LogP contribution in [-0.4, -0.2) is 59.7 Å². The number of aliphatic hydroxyl groups excluding tert-OH is 1. The molecule has 0 saturated heterocycles. The van der Waals surface area contributed by atoms with E-state index in [2.05, 4.69) is 10.3 Å². The summed E-state index contributed by atoms with van der Waals surface area (Å²) in [6.45, 7) is -0.541. The molecule has 2 N–H and O–H groups in total. The van der Waals surface area contributed by atoms with Gasteiger partial charge in [0.25, 0.3) is 5.91 Å². The SMILES string of the molecule is CN(C)C(=O)C(CO)NC(=O)c1cnc2c(C3=CCC(C(F)(F)F)CC3)cccc2c1. The average Bonchev–Trinajstić information content (AvgIpc) is 2.75. The van der Waals surface area contributed by atoms with Gasteiger partial charge in [-0.25, -0.2) is 0 Å². The molecule has 2 unspecified atom stereocenters. The zero-order valence-electron chi connectivity index (χ0n) is 17.2. The fourth-order valence-corrected chi connectivity index (χ4v) is 3.66. The normalized spacial score (nSPS) is 17.7. The molecule has 1 aliphatic carbocycles. The number of aromatic nitrogens is 1. The summed E-state index contributed by atoms with van der Waals surface area (Å²) in [7, 11) is 3.04. The molecule has 6 nitrogen and oxygen atoms in total. The van der Waals surface area contributed by atoms with Crippen LogP contribution in [0.25, 0.3) is 16.5 Å². The predicted molar refractivity (Wildman–Crippen MR) is 110 cm³/mol. The molecule has 1 aromatic carbocycles. The van der Waals surface area contributed by atoms with Crippen molar-refractivity contribution in [2.75, 3.05) is 20.7 Å². The van der Waals surface area contributed by atoms with Crippen LogP contribution in [0.3, 0.4) is 0 Å². The number of halogens is 3. The molecule has 0 fully saturated rings. The number of alkyl halides is 3. The number of nitrogens with zero attached hydrogens (tertiary/aromatic N) is 2. The van der Waals surface area contributed by atoms with E-state index in [0.29, 0.717) is 17.3 Å². The lowest BCUT2D eigenvalue weighted by Crippen LogP contribution is -2.48. The fraction of sp³-hybridized carbons (Fsp3) is 0.409. The lowest BCUT2D eigenvalue weighted by molar-refractivity contribution is -0.175. The Labute approximate surface area is 177 Å². The number of fused-ring (bicyclic) bond motifs is 1. The van der Waals surface area contributed by atoms with Crippen LogP contribution in [0.2, 0.25) is 0 Å². The van der Waals surface area contributed by atoms with Crippen molar-refractivity contribution in [2.24, 2.45) is 5.92 Å². The van der Waals surface area contributed by atoms with E-state index in [9.17, 15) is 27.9 Å². The van der Waals surface area contributed by atoms with Crippen LogP contribution in [0.4, 0.5) is 13.2 Å². The molecular formula is C22H24F3N3O3. The van der Waals surface area contributed by atoms with Crippen LogP contribution >= 0.6 is 0 Å². The van der Waals surface area contributed by atoms with Gasteiger partial charge in [-0.2, -0.15) is 13.2 Å². The number of pyridine rings is 1. The first-order chi connectivity index (χ1) is 14.6. The van der Waals surface area contributed by atoms with Crippen molar-refractivity contribution in [2.45, 2.75) is 31.5 Å². The molecule has 31 heavy (non-hydrogen) atoms. The van der Waals surface area contributed by atoms with Gasteiger partial charge < -0.3 is 15.3 Å². The first-order valence-corrected chi connectivity index (χ1v) is 9.89. The maximum Gasteiger partial charge on any atom is 0.392 e. The summed E-state index contributed by atoms with van der Waals surface area (Å²) < 4.78 is 38.8. The van der Waals surface area contributed by atoms with Gasteiger partial charge in [0, 0.05) is 31.2 Å². The van der Waals surface area contributed by atoms with Gasteiger partial charge in [-0.15, -0.1) is 0 Å². The number of benzene rings is 1. The number of allylic oxidation sites excluding steroid dienone is 2. The molecule has 2 atom stereocenters. The summed E-state index contributed by atoms with van der Waals surface area (Å²) >= 11 is 0. The number of carbonyl (C=O) groups is 2. The summed E-state index contributed by atoms with van der Waals surface area (Å²) in [5.74, 6) is -2.31. The van der Waals surface area contributed by atoms with Crippen LogP contribution in [0.5, 0.6) is 0 Å². The number of nitrogens with one attached hydrogen (secondary N) is 1. The summed E-state index contributed by atoms with van der Waals surface area (Å²) in [6, 6.07) is 5.88. The Morgan fingerprint density at radius 1 is 1.32 bits per heavy atom. The van der Waals surface area contributed by atoms with Gasteiger partial charge in [0.05, 0.1) is 23.6 Å². The summed E-state index contributed by atoms with van der Waals surface area (Å²) in [5, 5.41) is 12.6. The maximum absolute atomic E-state index is 12.9. The van der Waals surface area contributed by atoms with Crippen molar-refractivity contribution in [3.05, 3.63) is 47.7 Å². The minimum atomic E-state index is -4.19. The fourth-order valence-electron chi connectivity index (χ4n) is 3.66. The van der Waals surface area contributed by atoms with E-state index in [1.54, 1.807) is 24.3 Å². The number of hydrogen-bond acceptors (Lipinski definition) is 4. The highest BCUT2D eigenvalue weighted by atomic mass is 19.4. The van der Waals surface area contributed by atoms with Crippen molar-refractivity contribution in [3.63, 3.8) is 0 Å². The van der Waals surface area contributed by atoms with Gasteiger partial charge in [-0.1, -0.05) is 24.3 Å². The largest absolute Gasteiger partial charge is 0.394 e. The molecule has 166 valence electrons. The zero-order chi connectivity index (χ0) is 22.8. The predicted octanol–water partition coefficient (Wildman–Crippen LogP) is 3.16. The van der Waals surface area contributed by atoms with E-state index in [1.165, 1.54) is 25.2 Å². The Kier molecular flexibility index (Phi) is 6.64. The number of rotatable bonds is 5. The summed E-state index contributed by atoms with van der Waals surface area (Å²) in [6.07, 6.45) is -0.929. The molecule has 0 saturated carbocycles. The van der Waals surface area contributed by atoms with Gasteiger partial charge in [0.15, 0.2) is 0 Å². The third-order valence-corrected chi connectivity index (χ3v) is 5.42. The molecule has 0 radical (unpaired) electrons. The Bertz CT molecular complexity index is 1020. The smallest absolute Gasteiger partial charge is 0.392 e. The molecular weight excluding hydrogens is 411 g/mol. The first-order valence-electron chi connectivity index (χ1n) is 9.89. The lowest BCUT2D eigenvalue weighted by Gasteiger charge is -2.24. The highest BCUT2D eigenvalue weighted by Crippen LogP contribution is 2.40. The second-order valence-corrected chi connectivity index (χ2v) is 7.78.